The minimum absolute atomic E-state index is 0.167. The first-order valence-corrected chi connectivity index (χ1v) is 6.30. The van der Waals surface area contributed by atoms with Crippen LogP contribution < -0.4 is 14.8 Å². The second-order valence-electron chi connectivity index (χ2n) is 4.37. The Morgan fingerprint density at radius 2 is 1.90 bits per heavy atom. The van der Waals surface area contributed by atoms with Gasteiger partial charge in [-0.2, -0.15) is 0 Å². The van der Waals surface area contributed by atoms with Gasteiger partial charge in [0.2, 0.25) is 0 Å². The van der Waals surface area contributed by atoms with Crippen LogP contribution in [0, 0.1) is 0 Å². The van der Waals surface area contributed by atoms with E-state index in [9.17, 15) is 9.59 Å². The number of carbonyl (C=O) groups excluding carboxylic acids is 2. The van der Waals surface area contributed by atoms with Crippen LogP contribution in [0.3, 0.4) is 0 Å². The Labute approximate surface area is 115 Å². The normalized spacial score (nSPS) is 17.6. The van der Waals surface area contributed by atoms with Gasteiger partial charge in [0, 0.05) is 17.7 Å². The zero-order valence-electron chi connectivity index (χ0n) is 10.7. The SMILES string of the molecule is O=COCCC=C1NC(=O)c2cc3c(cc21)OCCO3. The molecule has 104 valence electrons. The minimum Gasteiger partial charge on any atom is -0.486 e. The van der Waals surface area contributed by atoms with Crippen molar-refractivity contribution in [2.45, 2.75) is 6.42 Å². The van der Waals surface area contributed by atoms with Crippen LogP contribution in [0.5, 0.6) is 11.5 Å². The number of ether oxygens (including phenoxy) is 3. The highest BCUT2D eigenvalue weighted by molar-refractivity contribution is 6.09. The van der Waals surface area contributed by atoms with Crippen molar-refractivity contribution in [2.75, 3.05) is 19.8 Å². The number of benzene rings is 1. The van der Waals surface area contributed by atoms with E-state index < -0.39 is 0 Å². The number of amides is 1. The fourth-order valence-corrected chi connectivity index (χ4v) is 2.24. The molecule has 2 aliphatic rings. The molecule has 0 saturated carbocycles. The fourth-order valence-electron chi connectivity index (χ4n) is 2.24. The molecule has 0 spiro atoms. The van der Waals surface area contributed by atoms with Gasteiger partial charge in [-0.25, -0.2) is 0 Å². The van der Waals surface area contributed by atoms with Gasteiger partial charge in [-0.3, -0.25) is 9.59 Å². The zero-order chi connectivity index (χ0) is 13.9. The molecule has 0 bridgehead atoms. The smallest absolute Gasteiger partial charge is 0.293 e. The molecule has 2 heterocycles. The summed E-state index contributed by atoms with van der Waals surface area (Å²) in [6.07, 6.45) is 2.35. The molecule has 0 radical (unpaired) electrons. The van der Waals surface area contributed by atoms with Gasteiger partial charge in [0.15, 0.2) is 11.5 Å². The summed E-state index contributed by atoms with van der Waals surface area (Å²) in [4.78, 5) is 22.0. The molecule has 6 heteroatoms. The number of nitrogens with one attached hydrogen (secondary N) is 1. The largest absolute Gasteiger partial charge is 0.486 e. The summed E-state index contributed by atoms with van der Waals surface area (Å²) in [5, 5.41) is 2.79. The number of hydrogen-bond acceptors (Lipinski definition) is 5. The van der Waals surface area contributed by atoms with Crippen molar-refractivity contribution in [2.24, 2.45) is 0 Å². The third-order valence-electron chi connectivity index (χ3n) is 3.12. The summed E-state index contributed by atoms with van der Waals surface area (Å²) in [6.45, 7) is 1.67. The molecule has 1 amide bonds. The third-order valence-corrected chi connectivity index (χ3v) is 3.12. The van der Waals surface area contributed by atoms with Crippen LogP contribution in [0.2, 0.25) is 0 Å². The highest BCUT2D eigenvalue weighted by Crippen LogP contribution is 2.37. The van der Waals surface area contributed by atoms with E-state index in [1.165, 1.54) is 0 Å². The molecule has 1 aromatic rings. The molecule has 1 N–H and O–H groups in total. The van der Waals surface area contributed by atoms with E-state index >= 15 is 0 Å². The predicted molar refractivity (Wildman–Crippen MR) is 69.5 cm³/mol. The van der Waals surface area contributed by atoms with Crippen LogP contribution in [-0.2, 0) is 9.53 Å². The van der Waals surface area contributed by atoms with Crippen molar-refractivity contribution >= 4 is 18.1 Å². The molecule has 0 unspecified atom stereocenters. The Morgan fingerprint density at radius 1 is 1.20 bits per heavy atom. The Balaban J connectivity index is 1.89. The maximum atomic E-state index is 11.9. The maximum Gasteiger partial charge on any atom is 0.293 e. The lowest BCUT2D eigenvalue weighted by Gasteiger charge is -2.18. The van der Waals surface area contributed by atoms with Crippen molar-refractivity contribution in [1.29, 1.82) is 0 Å². The highest BCUT2D eigenvalue weighted by atomic mass is 16.6. The second kappa shape index (κ2) is 5.24. The molecule has 0 saturated heterocycles. The number of rotatable bonds is 4. The summed E-state index contributed by atoms with van der Waals surface area (Å²) in [5.74, 6) is 1.07. The van der Waals surface area contributed by atoms with Gasteiger partial charge in [0.1, 0.15) is 13.2 Å². The van der Waals surface area contributed by atoms with Crippen LogP contribution in [0.15, 0.2) is 18.2 Å². The van der Waals surface area contributed by atoms with Gasteiger partial charge in [-0.1, -0.05) is 6.08 Å². The van der Waals surface area contributed by atoms with Crippen molar-refractivity contribution in [3.63, 3.8) is 0 Å². The zero-order valence-corrected chi connectivity index (χ0v) is 10.7. The molecular weight excluding hydrogens is 262 g/mol. The van der Waals surface area contributed by atoms with Crippen molar-refractivity contribution in [3.05, 3.63) is 29.3 Å². The van der Waals surface area contributed by atoms with Crippen LogP contribution in [-0.4, -0.2) is 32.2 Å². The maximum absolute atomic E-state index is 11.9. The number of fused-ring (bicyclic) bond motifs is 2. The van der Waals surface area contributed by atoms with Crippen molar-refractivity contribution in [1.82, 2.24) is 5.32 Å². The lowest BCUT2D eigenvalue weighted by Crippen LogP contribution is -2.16. The summed E-state index contributed by atoms with van der Waals surface area (Å²) < 4.78 is 15.6. The van der Waals surface area contributed by atoms with Gasteiger partial charge in [0.25, 0.3) is 12.4 Å². The van der Waals surface area contributed by atoms with Crippen molar-refractivity contribution in [3.8, 4) is 11.5 Å². The van der Waals surface area contributed by atoms with E-state index in [0.29, 0.717) is 48.9 Å². The van der Waals surface area contributed by atoms with E-state index in [0.717, 1.165) is 5.56 Å². The van der Waals surface area contributed by atoms with Gasteiger partial charge in [-0.05, 0) is 12.1 Å². The first kappa shape index (κ1) is 12.5. The van der Waals surface area contributed by atoms with E-state index in [-0.39, 0.29) is 12.5 Å². The molecule has 0 fully saturated rings. The molecule has 6 nitrogen and oxygen atoms in total. The predicted octanol–water partition coefficient (Wildman–Crippen LogP) is 1.11. The second-order valence-corrected chi connectivity index (χ2v) is 4.37. The van der Waals surface area contributed by atoms with E-state index in [1.807, 2.05) is 6.08 Å². The Kier molecular flexibility index (Phi) is 3.28. The third kappa shape index (κ3) is 2.20. The minimum atomic E-state index is -0.167. The molecule has 0 atom stereocenters. The number of hydrogen-bond donors (Lipinski definition) is 1. The van der Waals surface area contributed by atoms with Crippen LogP contribution in [0.4, 0.5) is 0 Å². The molecule has 0 aliphatic carbocycles. The van der Waals surface area contributed by atoms with Crippen LogP contribution in [0.1, 0.15) is 22.3 Å². The highest BCUT2D eigenvalue weighted by Gasteiger charge is 2.27. The first-order valence-electron chi connectivity index (χ1n) is 6.30. The molecule has 20 heavy (non-hydrogen) atoms. The molecular formula is C14H13NO5. The summed E-state index contributed by atoms with van der Waals surface area (Å²) in [5.41, 5.74) is 2.05. The summed E-state index contributed by atoms with van der Waals surface area (Å²) in [7, 11) is 0. The van der Waals surface area contributed by atoms with Crippen LogP contribution in [0.25, 0.3) is 5.70 Å². The summed E-state index contributed by atoms with van der Waals surface area (Å²) >= 11 is 0. The Morgan fingerprint density at radius 3 is 2.60 bits per heavy atom. The Bertz CT molecular complexity index is 593. The van der Waals surface area contributed by atoms with Gasteiger partial charge in [-0.15, -0.1) is 0 Å². The lowest BCUT2D eigenvalue weighted by molar-refractivity contribution is -0.128. The molecule has 1 aromatic carbocycles. The standard InChI is InChI=1S/C14H13NO5/c16-8-18-3-1-2-11-9-6-12-13(20-5-4-19-12)7-10(9)14(17)15-11/h2,6-8H,1,3-5H2,(H,15,17). The monoisotopic (exact) mass is 275 g/mol. The van der Waals surface area contributed by atoms with Crippen LogP contribution >= 0.6 is 0 Å². The Hall–Kier alpha value is -2.50. The van der Waals surface area contributed by atoms with E-state index in [2.05, 4.69) is 10.1 Å². The average Bonchev–Trinajstić information content (AvgIpc) is 2.78. The van der Waals surface area contributed by atoms with Gasteiger partial charge in [0.05, 0.1) is 12.2 Å². The average molecular weight is 275 g/mol. The first-order chi connectivity index (χ1) is 9.79. The molecule has 2 aliphatic heterocycles. The van der Waals surface area contributed by atoms with Gasteiger partial charge >= 0.3 is 0 Å². The molecule has 0 aromatic heterocycles. The topological polar surface area (TPSA) is 73.9 Å². The number of carbonyl (C=O) groups is 2. The molecule has 3 rings (SSSR count). The van der Waals surface area contributed by atoms with E-state index in [1.54, 1.807) is 12.1 Å². The van der Waals surface area contributed by atoms with Crippen molar-refractivity contribution < 1.29 is 23.8 Å². The fraction of sp³-hybridized carbons (Fsp3) is 0.286. The van der Waals surface area contributed by atoms with E-state index in [4.69, 9.17) is 9.47 Å². The quantitative estimate of drug-likeness (QED) is 0.658. The van der Waals surface area contributed by atoms with Gasteiger partial charge < -0.3 is 19.5 Å². The summed E-state index contributed by atoms with van der Waals surface area (Å²) in [6, 6.07) is 3.50. The lowest BCUT2D eigenvalue weighted by atomic mass is 10.1.